The molecule has 3 heteroatoms. The molecule has 1 N–H and O–H groups in total. The number of nitrogens with one attached hydrogen (secondary N) is 1. The van der Waals surface area contributed by atoms with Crippen molar-refractivity contribution in [1.82, 2.24) is 10.5 Å². The molecule has 0 radical (unpaired) electrons. The lowest BCUT2D eigenvalue weighted by molar-refractivity contribution is -0.0411. The summed E-state index contributed by atoms with van der Waals surface area (Å²) in [6.45, 7) is 0. The molecule has 0 amide bonds. The number of aromatic nitrogens is 1. The van der Waals surface area contributed by atoms with E-state index in [0.29, 0.717) is 12.1 Å². The van der Waals surface area contributed by atoms with E-state index in [9.17, 15) is 0 Å². The Kier molecular flexibility index (Phi) is 2.89. The molecule has 2 aliphatic carbocycles. The minimum atomic E-state index is 0.303. The Hall–Kier alpha value is -0.930. The van der Waals surface area contributed by atoms with Crippen LogP contribution in [0.15, 0.2) is 18.3 Å². The normalized spacial score (nSPS) is 24.9. The van der Waals surface area contributed by atoms with Gasteiger partial charge in [0.15, 0.2) is 0 Å². The Morgan fingerprint density at radius 1 is 1.25 bits per heavy atom. The van der Waals surface area contributed by atoms with Crippen molar-refractivity contribution < 1.29 is 4.84 Å². The van der Waals surface area contributed by atoms with E-state index in [0.717, 1.165) is 12.8 Å². The van der Waals surface area contributed by atoms with Gasteiger partial charge in [-0.25, -0.2) is 0 Å². The van der Waals surface area contributed by atoms with Crippen molar-refractivity contribution >= 4 is 0 Å². The van der Waals surface area contributed by atoms with Gasteiger partial charge in [0, 0.05) is 6.20 Å². The highest BCUT2D eigenvalue weighted by Crippen LogP contribution is 2.29. The molecule has 1 aromatic rings. The first kappa shape index (κ1) is 10.2. The van der Waals surface area contributed by atoms with Crippen molar-refractivity contribution in [3.63, 3.8) is 0 Å². The predicted octanol–water partition coefficient (Wildman–Crippen LogP) is 2.53. The number of pyridine rings is 1. The molecular formula is C13H18N2O. The van der Waals surface area contributed by atoms with Crippen LogP contribution in [0.3, 0.4) is 0 Å². The minimum Gasteiger partial charge on any atom is -0.298 e. The van der Waals surface area contributed by atoms with Crippen LogP contribution < -0.4 is 5.48 Å². The zero-order valence-electron chi connectivity index (χ0n) is 9.48. The van der Waals surface area contributed by atoms with Gasteiger partial charge < -0.3 is 0 Å². The topological polar surface area (TPSA) is 34.2 Å². The SMILES string of the molecule is c1cnc2c(c1)CCC2NOC1CCCC1. The standard InChI is InChI=1S/C13H18N2O/c1-2-6-11(5-1)16-15-12-8-7-10-4-3-9-14-13(10)12/h3-4,9,11-12,15H,1-2,5-8H2. The molecule has 1 aromatic heterocycles. The van der Waals surface area contributed by atoms with Gasteiger partial charge in [0.05, 0.1) is 17.8 Å². The van der Waals surface area contributed by atoms with E-state index in [4.69, 9.17) is 4.84 Å². The fourth-order valence-electron chi connectivity index (χ4n) is 2.71. The van der Waals surface area contributed by atoms with E-state index in [2.05, 4.69) is 16.5 Å². The van der Waals surface area contributed by atoms with Gasteiger partial charge in [-0.3, -0.25) is 9.82 Å². The highest BCUT2D eigenvalue weighted by molar-refractivity contribution is 5.27. The Morgan fingerprint density at radius 3 is 3.00 bits per heavy atom. The molecular weight excluding hydrogens is 200 g/mol. The number of rotatable bonds is 3. The third-order valence-corrected chi connectivity index (χ3v) is 3.64. The van der Waals surface area contributed by atoms with Gasteiger partial charge in [0.25, 0.3) is 0 Å². The molecule has 1 unspecified atom stereocenters. The fourth-order valence-corrected chi connectivity index (χ4v) is 2.71. The Morgan fingerprint density at radius 2 is 2.12 bits per heavy atom. The smallest absolute Gasteiger partial charge is 0.0790 e. The average Bonchev–Trinajstić information content (AvgIpc) is 2.96. The summed E-state index contributed by atoms with van der Waals surface area (Å²) in [5.74, 6) is 0. The molecule has 0 spiro atoms. The highest BCUT2D eigenvalue weighted by atomic mass is 16.7. The molecule has 3 rings (SSSR count). The molecule has 0 aliphatic heterocycles. The average molecular weight is 218 g/mol. The van der Waals surface area contributed by atoms with E-state index in [1.54, 1.807) is 0 Å². The molecule has 1 heterocycles. The van der Waals surface area contributed by atoms with E-state index < -0.39 is 0 Å². The maximum Gasteiger partial charge on any atom is 0.0790 e. The lowest BCUT2D eigenvalue weighted by Gasteiger charge is -2.16. The third kappa shape index (κ3) is 1.97. The van der Waals surface area contributed by atoms with Crippen molar-refractivity contribution in [3.05, 3.63) is 29.6 Å². The van der Waals surface area contributed by atoms with Crippen molar-refractivity contribution in [2.24, 2.45) is 0 Å². The Bertz CT molecular complexity index is 361. The van der Waals surface area contributed by atoms with Gasteiger partial charge >= 0.3 is 0 Å². The number of hydroxylamine groups is 1. The second kappa shape index (κ2) is 4.52. The van der Waals surface area contributed by atoms with Gasteiger partial charge in [-0.2, -0.15) is 5.48 Å². The van der Waals surface area contributed by atoms with Crippen molar-refractivity contribution in [3.8, 4) is 0 Å². The quantitative estimate of drug-likeness (QED) is 0.792. The summed E-state index contributed by atoms with van der Waals surface area (Å²) < 4.78 is 0. The van der Waals surface area contributed by atoms with E-state index in [1.165, 1.54) is 36.9 Å². The highest BCUT2D eigenvalue weighted by Gasteiger charge is 2.25. The number of hydrogen-bond acceptors (Lipinski definition) is 3. The van der Waals surface area contributed by atoms with Crippen LogP contribution in [0, 0.1) is 0 Å². The second-order valence-corrected chi connectivity index (χ2v) is 4.78. The minimum absolute atomic E-state index is 0.303. The van der Waals surface area contributed by atoms with Crippen LogP contribution in [0.25, 0.3) is 0 Å². The second-order valence-electron chi connectivity index (χ2n) is 4.78. The summed E-state index contributed by atoms with van der Waals surface area (Å²) in [6, 6.07) is 4.48. The van der Waals surface area contributed by atoms with Gasteiger partial charge in [-0.05, 0) is 37.3 Å². The van der Waals surface area contributed by atoms with Gasteiger partial charge in [-0.1, -0.05) is 18.9 Å². The summed E-state index contributed by atoms with van der Waals surface area (Å²) in [7, 11) is 0. The number of fused-ring (bicyclic) bond motifs is 1. The van der Waals surface area contributed by atoms with Crippen LogP contribution in [0.4, 0.5) is 0 Å². The lowest BCUT2D eigenvalue weighted by atomic mass is 10.2. The monoisotopic (exact) mass is 218 g/mol. The number of aryl methyl sites for hydroxylation is 1. The van der Waals surface area contributed by atoms with E-state index in [1.807, 2.05) is 12.3 Å². The van der Waals surface area contributed by atoms with Crippen molar-refractivity contribution in [2.75, 3.05) is 0 Å². The Balaban J connectivity index is 1.60. The maximum atomic E-state index is 5.75. The summed E-state index contributed by atoms with van der Waals surface area (Å²) in [4.78, 5) is 10.2. The first-order valence-corrected chi connectivity index (χ1v) is 6.28. The molecule has 0 bridgehead atoms. The molecule has 3 nitrogen and oxygen atoms in total. The first-order valence-electron chi connectivity index (χ1n) is 6.28. The molecule has 86 valence electrons. The van der Waals surface area contributed by atoms with Crippen molar-refractivity contribution in [2.45, 2.75) is 50.7 Å². The largest absolute Gasteiger partial charge is 0.298 e. The molecule has 1 atom stereocenters. The molecule has 1 fully saturated rings. The fraction of sp³-hybridized carbons (Fsp3) is 0.615. The van der Waals surface area contributed by atoms with Crippen LogP contribution in [0.2, 0.25) is 0 Å². The molecule has 16 heavy (non-hydrogen) atoms. The maximum absolute atomic E-state index is 5.75. The lowest BCUT2D eigenvalue weighted by Crippen LogP contribution is -2.25. The summed E-state index contributed by atoms with van der Waals surface area (Å²) in [5, 5.41) is 0. The van der Waals surface area contributed by atoms with E-state index in [-0.39, 0.29) is 0 Å². The molecule has 1 saturated carbocycles. The summed E-state index contributed by atoms with van der Waals surface area (Å²) in [6.07, 6.45) is 9.55. The Labute approximate surface area is 96.2 Å². The van der Waals surface area contributed by atoms with Crippen LogP contribution >= 0.6 is 0 Å². The molecule has 0 aromatic carbocycles. The zero-order valence-corrected chi connectivity index (χ0v) is 9.48. The zero-order chi connectivity index (χ0) is 10.8. The van der Waals surface area contributed by atoms with Crippen molar-refractivity contribution in [1.29, 1.82) is 0 Å². The third-order valence-electron chi connectivity index (χ3n) is 3.64. The van der Waals surface area contributed by atoms with Gasteiger partial charge in [0.1, 0.15) is 0 Å². The van der Waals surface area contributed by atoms with Crippen LogP contribution in [-0.2, 0) is 11.3 Å². The number of hydrogen-bond donors (Lipinski definition) is 1. The van der Waals surface area contributed by atoms with Crippen LogP contribution in [0.1, 0.15) is 49.4 Å². The number of nitrogens with zero attached hydrogens (tertiary/aromatic N) is 1. The van der Waals surface area contributed by atoms with Crippen LogP contribution in [0.5, 0.6) is 0 Å². The summed E-state index contributed by atoms with van der Waals surface area (Å²) in [5.41, 5.74) is 5.77. The van der Waals surface area contributed by atoms with Crippen LogP contribution in [-0.4, -0.2) is 11.1 Å². The van der Waals surface area contributed by atoms with Gasteiger partial charge in [0.2, 0.25) is 0 Å². The summed E-state index contributed by atoms with van der Waals surface area (Å²) >= 11 is 0. The molecule has 2 aliphatic rings. The predicted molar refractivity (Wildman–Crippen MR) is 61.8 cm³/mol. The molecule has 0 saturated heterocycles. The van der Waals surface area contributed by atoms with Gasteiger partial charge in [-0.15, -0.1) is 0 Å². The van der Waals surface area contributed by atoms with E-state index >= 15 is 0 Å². The first-order chi connectivity index (χ1) is 7.93.